The zero-order valence-electron chi connectivity index (χ0n) is 17.0. The normalized spacial score (nSPS) is 11.2. The summed E-state index contributed by atoms with van der Waals surface area (Å²) in [5, 5.41) is 0.714. The Labute approximate surface area is 169 Å². The fourth-order valence-electron chi connectivity index (χ4n) is 2.95. The zero-order chi connectivity index (χ0) is 20.4. The van der Waals surface area contributed by atoms with Crippen LogP contribution in [0.2, 0.25) is 0 Å². The molecule has 0 atom stereocenters. The molecule has 6 heteroatoms. The number of aryl methyl sites for hydroxylation is 2. The van der Waals surface area contributed by atoms with Crippen LogP contribution in [0.1, 0.15) is 38.8 Å². The number of aromatic nitrogens is 1. The van der Waals surface area contributed by atoms with E-state index in [0.717, 1.165) is 22.3 Å². The summed E-state index contributed by atoms with van der Waals surface area (Å²) in [4.78, 5) is 32.6. The summed E-state index contributed by atoms with van der Waals surface area (Å²) in [5.74, 6) is -0.103. The summed E-state index contributed by atoms with van der Waals surface area (Å²) in [6, 6.07) is 11.0. The fraction of sp³-hybridized carbons (Fsp3) is 0.318. The number of ketones is 1. The van der Waals surface area contributed by atoms with Crippen molar-refractivity contribution in [3.05, 3.63) is 58.7 Å². The standard InChI is InChI=1S/C22H25N3O2S/c1-14-6-11-19-20(15(14)2)23-22(28-19)25(13-12-24(4)5)21(27)18-9-7-17(8-10-18)16(3)26/h6-11H,12-13H2,1-5H3/p+1. The molecule has 1 aromatic heterocycles. The van der Waals surface area contributed by atoms with Crippen LogP contribution in [-0.4, -0.2) is 43.9 Å². The quantitative estimate of drug-likeness (QED) is 0.652. The lowest BCUT2D eigenvalue weighted by Crippen LogP contribution is -3.06. The number of likely N-dealkylation sites (N-methyl/N-ethyl adjacent to an activating group) is 1. The number of benzene rings is 2. The number of hydrogen-bond donors (Lipinski definition) is 1. The Morgan fingerprint density at radius 3 is 2.29 bits per heavy atom. The van der Waals surface area contributed by atoms with E-state index < -0.39 is 0 Å². The van der Waals surface area contributed by atoms with Gasteiger partial charge < -0.3 is 4.90 Å². The van der Waals surface area contributed by atoms with Crippen LogP contribution in [0.15, 0.2) is 36.4 Å². The molecule has 3 rings (SSSR count). The van der Waals surface area contributed by atoms with Gasteiger partial charge in [-0.3, -0.25) is 14.5 Å². The van der Waals surface area contributed by atoms with Crippen LogP contribution in [0.4, 0.5) is 5.13 Å². The highest BCUT2D eigenvalue weighted by atomic mass is 32.1. The first-order valence-electron chi connectivity index (χ1n) is 9.36. The predicted octanol–water partition coefficient (Wildman–Crippen LogP) is 2.91. The third-order valence-corrected chi connectivity index (χ3v) is 5.97. The van der Waals surface area contributed by atoms with Crippen molar-refractivity contribution in [2.24, 2.45) is 0 Å². The number of anilines is 1. The van der Waals surface area contributed by atoms with Gasteiger partial charge in [-0.2, -0.15) is 0 Å². The number of Topliss-reactive ketones (excluding diaryl/α,β-unsaturated/α-hetero) is 1. The Morgan fingerprint density at radius 2 is 1.68 bits per heavy atom. The molecular weight excluding hydrogens is 370 g/mol. The van der Waals surface area contributed by atoms with E-state index in [9.17, 15) is 9.59 Å². The Balaban J connectivity index is 1.99. The monoisotopic (exact) mass is 396 g/mol. The molecule has 146 valence electrons. The van der Waals surface area contributed by atoms with Crippen molar-refractivity contribution < 1.29 is 14.5 Å². The third-order valence-electron chi connectivity index (χ3n) is 4.92. The molecule has 28 heavy (non-hydrogen) atoms. The van der Waals surface area contributed by atoms with Crippen LogP contribution >= 0.6 is 11.3 Å². The van der Waals surface area contributed by atoms with Crippen molar-refractivity contribution in [2.75, 3.05) is 32.1 Å². The van der Waals surface area contributed by atoms with E-state index in [1.165, 1.54) is 17.4 Å². The van der Waals surface area contributed by atoms with Gasteiger partial charge in [-0.15, -0.1) is 0 Å². The Bertz CT molecular complexity index is 1020. The zero-order valence-corrected chi connectivity index (χ0v) is 17.8. The summed E-state index contributed by atoms with van der Waals surface area (Å²) < 4.78 is 1.08. The molecule has 1 amide bonds. The van der Waals surface area contributed by atoms with E-state index in [4.69, 9.17) is 4.98 Å². The van der Waals surface area contributed by atoms with Gasteiger partial charge in [0.15, 0.2) is 10.9 Å². The maximum absolute atomic E-state index is 13.3. The molecule has 3 aromatic rings. The van der Waals surface area contributed by atoms with Gasteiger partial charge in [0.25, 0.3) is 5.91 Å². The topological polar surface area (TPSA) is 54.7 Å². The van der Waals surface area contributed by atoms with Gasteiger partial charge in [-0.25, -0.2) is 4.98 Å². The minimum atomic E-state index is -0.0928. The van der Waals surface area contributed by atoms with Crippen LogP contribution in [-0.2, 0) is 0 Å². The molecule has 0 spiro atoms. The largest absolute Gasteiger partial charge is 0.338 e. The van der Waals surface area contributed by atoms with Crippen LogP contribution in [0.5, 0.6) is 0 Å². The summed E-state index contributed by atoms with van der Waals surface area (Å²) >= 11 is 1.54. The molecule has 0 aliphatic rings. The minimum Gasteiger partial charge on any atom is -0.338 e. The Morgan fingerprint density at radius 1 is 1.04 bits per heavy atom. The fourth-order valence-corrected chi connectivity index (χ4v) is 4.00. The second-order valence-electron chi connectivity index (χ2n) is 7.40. The van der Waals surface area contributed by atoms with Crippen molar-refractivity contribution in [3.8, 4) is 0 Å². The van der Waals surface area contributed by atoms with Crippen molar-refractivity contribution in [1.29, 1.82) is 0 Å². The highest BCUT2D eigenvalue weighted by Gasteiger charge is 2.23. The number of nitrogens with one attached hydrogen (secondary N) is 1. The number of thiazole rings is 1. The number of nitrogens with zero attached hydrogens (tertiary/aromatic N) is 2. The van der Waals surface area contributed by atoms with Crippen LogP contribution in [0.25, 0.3) is 10.2 Å². The molecule has 0 aliphatic carbocycles. The van der Waals surface area contributed by atoms with Crippen molar-refractivity contribution in [1.82, 2.24) is 4.98 Å². The highest BCUT2D eigenvalue weighted by molar-refractivity contribution is 7.22. The molecule has 0 bridgehead atoms. The maximum Gasteiger partial charge on any atom is 0.260 e. The van der Waals surface area contributed by atoms with E-state index in [-0.39, 0.29) is 11.7 Å². The smallest absolute Gasteiger partial charge is 0.260 e. The van der Waals surface area contributed by atoms with Crippen molar-refractivity contribution >= 4 is 38.4 Å². The Kier molecular flexibility index (Phi) is 5.91. The number of rotatable bonds is 6. The molecule has 0 saturated carbocycles. The molecule has 0 unspecified atom stereocenters. The first-order chi connectivity index (χ1) is 13.3. The average molecular weight is 397 g/mol. The summed E-state index contributed by atoms with van der Waals surface area (Å²) in [5.41, 5.74) is 4.47. The number of carbonyl (C=O) groups excluding carboxylic acids is 2. The van der Waals surface area contributed by atoms with Gasteiger partial charge in [-0.05, 0) is 50.1 Å². The minimum absolute atomic E-state index is 0.0101. The molecule has 5 nitrogen and oxygen atoms in total. The van der Waals surface area contributed by atoms with Gasteiger partial charge >= 0.3 is 0 Å². The average Bonchev–Trinajstić information content (AvgIpc) is 3.09. The molecule has 1 N–H and O–H groups in total. The molecule has 0 radical (unpaired) electrons. The number of carbonyl (C=O) groups is 2. The van der Waals surface area contributed by atoms with Crippen LogP contribution in [0, 0.1) is 13.8 Å². The predicted molar refractivity (Wildman–Crippen MR) is 115 cm³/mol. The van der Waals surface area contributed by atoms with Gasteiger partial charge in [0.2, 0.25) is 0 Å². The van der Waals surface area contributed by atoms with Gasteiger partial charge in [0.1, 0.15) is 0 Å². The molecule has 1 heterocycles. The maximum atomic E-state index is 13.3. The van der Waals surface area contributed by atoms with Gasteiger partial charge in [-0.1, -0.05) is 29.5 Å². The van der Waals surface area contributed by atoms with E-state index in [0.29, 0.717) is 22.8 Å². The lowest BCUT2D eigenvalue weighted by Gasteiger charge is -2.20. The van der Waals surface area contributed by atoms with E-state index in [2.05, 4.69) is 40.1 Å². The van der Waals surface area contributed by atoms with E-state index in [1.807, 2.05) is 0 Å². The molecule has 0 saturated heterocycles. The van der Waals surface area contributed by atoms with Crippen molar-refractivity contribution in [2.45, 2.75) is 20.8 Å². The second-order valence-corrected chi connectivity index (χ2v) is 8.41. The molecular formula is C22H26N3O2S+. The molecule has 0 fully saturated rings. The van der Waals surface area contributed by atoms with Crippen LogP contribution in [0.3, 0.4) is 0 Å². The van der Waals surface area contributed by atoms with E-state index in [1.54, 1.807) is 40.5 Å². The summed E-state index contributed by atoms with van der Waals surface area (Å²) in [7, 11) is 4.13. The third kappa shape index (κ3) is 4.13. The number of hydrogen-bond acceptors (Lipinski definition) is 4. The lowest BCUT2D eigenvalue weighted by molar-refractivity contribution is -0.856. The number of fused-ring (bicyclic) bond motifs is 1. The first kappa shape index (κ1) is 20.2. The molecule has 0 aliphatic heterocycles. The number of amides is 1. The molecule has 2 aromatic carbocycles. The lowest BCUT2D eigenvalue weighted by atomic mass is 10.1. The number of quaternary nitrogens is 1. The summed E-state index contributed by atoms with van der Waals surface area (Å²) in [6.45, 7) is 7.05. The highest BCUT2D eigenvalue weighted by Crippen LogP contribution is 2.32. The first-order valence-corrected chi connectivity index (χ1v) is 10.2. The van der Waals surface area contributed by atoms with Gasteiger partial charge in [0.05, 0.1) is 37.4 Å². The van der Waals surface area contributed by atoms with Gasteiger partial charge in [0, 0.05) is 11.1 Å². The van der Waals surface area contributed by atoms with Crippen molar-refractivity contribution in [3.63, 3.8) is 0 Å². The SMILES string of the molecule is CC(=O)c1ccc(C(=O)N(CC[NH+](C)C)c2nc3c(C)c(C)ccc3s2)cc1. The summed E-state index contributed by atoms with van der Waals surface area (Å²) in [6.07, 6.45) is 0. The Hall–Kier alpha value is -2.57. The van der Waals surface area contributed by atoms with E-state index >= 15 is 0 Å². The van der Waals surface area contributed by atoms with Crippen LogP contribution < -0.4 is 9.80 Å². The second kappa shape index (κ2) is 8.20.